The molecule has 0 radical (unpaired) electrons. The number of hydrogen-bond acceptors (Lipinski definition) is 6. The van der Waals surface area contributed by atoms with Crippen LogP contribution in [0.3, 0.4) is 0 Å². The standard InChI is InChI=1S/C9H11ClN6O2S/c1-11-9-7(10)2-6(3-12-9)19(17,18)15-4-8-13-5-14-16-8/h2-3,5,15H,4H2,1H3,(H,11,12)(H,13,14,16). The average molecular weight is 303 g/mol. The largest absolute Gasteiger partial charge is 0.372 e. The molecule has 0 bridgehead atoms. The van der Waals surface area contributed by atoms with Crippen LogP contribution in [0, 0.1) is 0 Å². The second kappa shape index (κ2) is 5.51. The first-order valence-corrected chi connectivity index (χ1v) is 7.06. The molecule has 8 nitrogen and oxygen atoms in total. The first-order chi connectivity index (χ1) is 9.03. The Kier molecular flexibility index (Phi) is 3.98. The van der Waals surface area contributed by atoms with Crippen molar-refractivity contribution in [3.8, 4) is 0 Å². The molecule has 2 rings (SSSR count). The van der Waals surface area contributed by atoms with Crippen molar-refractivity contribution < 1.29 is 8.42 Å². The van der Waals surface area contributed by atoms with Crippen molar-refractivity contribution in [1.29, 1.82) is 0 Å². The summed E-state index contributed by atoms with van der Waals surface area (Å²) in [5.74, 6) is 0.824. The monoisotopic (exact) mass is 302 g/mol. The Morgan fingerprint density at radius 3 is 2.79 bits per heavy atom. The second-order valence-corrected chi connectivity index (χ2v) is 5.68. The van der Waals surface area contributed by atoms with E-state index in [-0.39, 0.29) is 16.5 Å². The number of aromatic nitrogens is 4. The lowest BCUT2D eigenvalue weighted by Crippen LogP contribution is -2.24. The number of halogens is 1. The highest BCUT2D eigenvalue weighted by Crippen LogP contribution is 2.21. The molecule has 0 aliphatic carbocycles. The average Bonchev–Trinajstić information content (AvgIpc) is 2.89. The maximum Gasteiger partial charge on any atom is 0.242 e. The summed E-state index contributed by atoms with van der Waals surface area (Å²) in [6, 6.07) is 1.32. The number of aromatic amines is 1. The van der Waals surface area contributed by atoms with E-state index in [0.717, 1.165) is 0 Å². The fourth-order valence-corrected chi connectivity index (χ4v) is 2.60. The van der Waals surface area contributed by atoms with Gasteiger partial charge in [0.15, 0.2) is 0 Å². The molecule has 0 unspecified atom stereocenters. The van der Waals surface area contributed by atoms with Crippen molar-refractivity contribution in [3.63, 3.8) is 0 Å². The second-order valence-electron chi connectivity index (χ2n) is 3.51. The van der Waals surface area contributed by atoms with Crippen LogP contribution >= 0.6 is 11.6 Å². The lowest BCUT2D eigenvalue weighted by Gasteiger charge is -2.07. The van der Waals surface area contributed by atoms with Crippen LogP contribution in [-0.4, -0.2) is 35.6 Å². The lowest BCUT2D eigenvalue weighted by molar-refractivity contribution is 0.579. The third-order valence-corrected chi connectivity index (χ3v) is 3.91. The molecule has 0 saturated carbocycles. The van der Waals surface area contributed by atoms with Gasteiger partial charge in [0.2, 0.25) is 10.0 Å². The van der Waals surface area contributed by atoms with Gasteiger partial charge in [-0.25, -0.2) is 23.1 Å². The summed E-state index contributed by atoms with van der Waals surface area (Å²) in [7, 11) is -2.05. The van der Waals surface area contributed by atoms with E-state index in [1.54, 1.807) is 7.05 Å². The van der Waals surface area contributed by atoms with Gasteiger partial charge < -0.3 is 5.32 Å². The minimum Gasteiger partial charge on any atom is -0.372 e. The van der Waals surface area contributed by atoms with E-state index < -0.39 is 10.0 Å². The minimum absolute atomic E-state index is 0.00767. The number of H-pyrrole nitrogens is 1. The van der Waals surface area contributed by atoms with Gasteiger partial charge in [0.1, 0.15) is 22.9 Å². The van der Waals surface area contributed by atoms with Crippen molar-refractivity contribution in [3.05, 3.63) is 29.4 Å². The van der Waals surface area contributed by atoms with Gasteiger partial charge in [-0.05, 0) is 6.07 Å². The Bertz CT molecular complexity index is 657. The van der Waals surface area contributed by atoms with Gasteiger partial charge in [-0.2, -0.15) is 5.10 Å². The molecule has 0 aromatic carbocycles. The SMILES string of the molecule is CNc1ncc(S(=O)(=O)NCc2ncn[nH]2)cc1Cl. The number of anilines is 1. The van der Waals surface area contributed by atoms with Crippen molar-refractivity contribution in [1.82, 2.24) is 24.9 Å². The maximum absolute atomic E-state index is 12.0. The highest BCUT2D eigenvalue weighted by molar-refractivity contribution is 7.89. The number of pyridine rings is 1. The molecule has 102 valence electrons. The topological polar surface area (TPSA) is 113 Å². The highest BCUT2D eigenvalue weighted by atomic mass is 35.5. The Labute approximate surface area is 114 Å². The van der Waals surface area contributed by atoms with E-state index in [0.29, 0.717) is 11.6 Å². The van der Waals surface area contributed by atoms with Crippen LogP contribution in [0.15, 0.2) is 23.5 Å². The number of nitrogens with zero attached hydrogens (tertiary/aromatic N) is 3. The van der Waals surface area contributed by atoms with E-state index in [4.69, 9.17) is 11.6 Å². The normalized spacial score (nSPS) is 11.5. The van der Waals surface area contributed by atoms with E-state index >= 15 is 0 Å². The summed E-state index contributed by atoms with van der Waals surface area (Å²) in [6.07, 6.45) is 2.52. The van der Waals surface area contributed by atoms with Crippen LogP contribution in [0.5, 0.6) is 0 Å². The lowest BCUT2D eigenvalue weighted by atomic mass is 10.4. The number of sulfonamides is 1. The fourth-order valence-electron chi connectivity index (χ4n) is 1.31. The number of hydrogen-bond donors (Lipinski definition) is 3. The molecule has 0 saturated heterocycles. The first-order valence-electron chi connectivity index (χ1n) is 5.20. The molecule has 2 heterocycles. The van der Waals surface area contributed by atoms with Crippen molar-refractivity contribution in [2.75, 3.05) is 12.4 Å². The van der Waals surface area contributed by atoms with Crippen molar-refractivity contribution in [2.24, 2.45) is 0 Å². The Morgan fingerprint density at radius 2 is 2.21 bits per heavy atom. The van der Waals surface area contributed by atoms with E-state index in [2.05, 4.69) is 30.2 Å². The smallest absolute Gasteiger partial charge is 0.242 e. The van der Waals surface area contributed by atoms with Crippen LogP contribution in [0.4, 0.5) is 5.82 Å². The molecule has 19 heavy (non-hydrogen) atoms. The molecule has 0 amide bonds. The zero-order valence-corrected chi connectivity index (χ0v) is 11.5. The quantitative estimate of drug-likeness (QED) is 0.735. The van der Waals surface area contributed by atoms with Crippen LogP contribution in [0.25, 0.3) is 0 Å². The molecule has 3 N–H and O–H groups in total. The summed E-state index contributed by atoms with van der Waals surface area (Å²) < 4.78 is 26.3. The zero-order chi connectivity index (χ0) is 13.9. The van der Waals surface area contributed by atoms with Crippen molar-refractivity contribution in [2.45, 2.75) is 11.4 Å². The first kappa shape index (κ1) is 13.7. The van der Waals surface area contributed by atoms with Gasteiger partial charge in [-0.15, -0.1) is 0 Å². The molecule has 0 aliphatic heterocycles. The molecule has 0 spiro atoms. The molecular formula is C9H11ClN6O2S. The van der Waals surface area contributed by atoms with Gasteiger partial charge in [0, 0.05) is 13.2 Å². The van der Waals surface area contributed by atoms with Crippen molar-refractivity contribution >= 4 is 27.4 Å². The molecular weight excluding hydrogens is 292 g/mol. The van der Waals surface area contributed by atoms with Gasteiger partial charge in [-0.1, -0.05) is 11.6 Å². The number of rotatable bonds is 5. The van der Waals surface area contributed by atoms with Crippen LogP contribution in [0.2, 0.25) is 5.02 Å². The summed E-state index contributed by atoms with van der Waals surface area (Å²) in [5, 5.41) is 9.14. The summed E-state index contributed by atoms with van der Waals surface area (Å²) in [6.45, 7) is 0.00767. The van der Waals surface area contributed by atoms with Crippen LogP contribution in [-0.2, 0) is 16.6 Å². The summed E-state index contributed by atoms with van der Waals surface area (Å²) >= 11 is 5.89. The van der Waals surface area contributed by atoms with E-state index in [1.165, 1.54) is 18.6 Å². The van der Waals surface area contributed by atoms with E-state index in [1.807, 2.05) is 0 Å². The molecule has 0 fully saturated rings. The Balaban J connectivity index is 2.17. The molecule has 0 aliphatic rings. The molecule has 2 aromatic rings. The van der Waals surface area contributed by atoms with Crippen LogP contribution in [0.1, 0.15) is 5.82 Å². The summed E-state index contributed by atoms with van der Waals surface area (Å²) in [5.41, 5.74) is 0. The maximum atomic E-state index is 12.0. The van der Waals surface area contributed by atoms with Gasteiger partial charge in [-0.3, -0.25) is 5.10 Å². The van der Waals surface area contributed by atoms with Gasteiger partial charge in [0.25, 0.3) is 0 Å². The Hall–Kier alpha value is -1.71. The predicted molar refractivity (Wildman–Crippen MR) is 69.2 cm³/mol. The van der Waals surface area contributed by atoms with Gasteiger partial charge in [0.05, 0.1) is 11.6 Å². The molecule has 10 heteroatoms. The molecule has 2 aromatic heterocycles. The fraction of sp³-hybridized carbons (Fsp3) is 0.222. The highest BCUT2D eigenvalue weighted by Gasteiger charge is 2.16. The predicted octanol–water partition coefficient (Wildman–Crippen LogP) is 0.373. The zero-order valence-electron chi connectivity index (χ0n) is 9.88. The summed E-state index contributed by atoms with van der Waals surface area (Å²) in [4.78, 5) is 7.71. The third kappa shape index (κ3) is 3.19. The molecule has 0 atom stereocenters. The number of nitrogens with one attached hydrogen (secondary N) is 3. The Morgan fingerprint density at radius 1 is 1.42 bits per heavy atom. The van der Waals surface area contributed by atoms with E-state index in [9.17, 15) is 8.42 Å². The van der Waals surface area contributed by atoms with Crippen LogP contribution < -0.4 is 10.0 Å². The minimum atomic E-state index is -3.70. The third-order valence-electron chi connectivity index (χ3n) is 2.26. The van der Waals surface area contributed by atoms with Gasteiger partial charge >= 0.3 is 0 Å².